The van der Waals surface area contributed by atoms with Gasteiger partial charge in [-0.1, -0.05) is 36.4 Å². The van der Waals surface area contributed by atoms with E-state index in [9.17, 15) is 32.4 Å². The molecule has 0 bridgehead atoms. The second-order valence-electron chi connectivity index (χ2n) is 9.77. The number of amides is 2. The van der Waals surface area contributed by atoms with E-state index in [-0.39, 0.29) is 32.0 Å². The lowest BCUT2D eigenvalue weighted by Gasteiger charge is -2.32. The highest BCUT2D eigenvalue weighted by atomic mass is 19.4. The predicted molar refractivity (Wildman–Crippen MR) is 140 cm³/mol. The van der Waals surface area contributed by atoms with Gasteiger partial charge in [0.25, 0.3) is 0 Å². The van der Waals surface area contributed by atoms with Crippen LogP contribution in [0.5, 0.6) is 5.75 Å². The summed E-state index contributed by atoms with van der Waals surface area (Å²) in [5.41, 5.74) is 1.40. The van der Waals surface area contributed by atoms with Crippen molar-refractivity contribution in [3.63, 3.8) is 0 Å². The molecule has 2 amide bonds. The summed E-state index contributed by atoms with van der Waals surface area (Å²) in [6.07, 6.45) is -4.77. The van der Waals surface area contributed by atoms with Crippen LogP contribution in [-0.4, -0.2) is 73.0 Å². The van der Waals surface area contributed by atoms with Crippen molar-refractivity contribution in [1.82, 2.24) is 14.7 Å². The Bertz CT molecular complexity index is 1450. The Morgan fingerprint density at radius 2 is 1.82 bits per heavy atom. The molecule has 3 aromatic rings. The van der Waals surface area contributed by atoms with Gasteiger partial charge in [-0.15, -0.1) is 0 Å². The van der Waals surface area contributed by atoms with Crippen LogP contribution in [0.4, 0.5) is 17.6 Å². The van der Waals surface area contributed by atoms with E-state index in [1.165, 1.54) is 36.3 Å². The third-order valence-corrected chi connectivity index (χ3v) is 7.29. The number of fused-ring (bicyclic) bond motifs is 1. The van der Waals surface area contributed by atoms with Crippen LogP contribution in [0.25, 0.3) is 10.8 Å². The van der Waals surface area contributed by atoms with Crippen LogP contribution in [0.2, 0.25) is 0 Å². The number of carbonyl (C=O) groups is 2. The Kier molecular flexibility index (Phi) is 8.30. The summed E-state index contributed by atoms with van der Waals surface area (Å²) in [7, 11) is 4.13. The second-order valence-corrected chi connectivity index (χ2v) is 9.77. The molecule has 40 heavy (non-hydrogen) atoms. The number of nitrogens with zero attached hydrogens (tertiary/aromatic N) is 4. The smallest absolute Gasteiger partial charge is 0.471 e. The number of alkyl halides is 3. The highest BCUT2D eigenvalue weighted by molar-refractivity contribution is 5.91. The number of benzene rings is 3. The Morgan fingerprint density at radius 1 is 1.15 bits per heavy atom. The number of halogens is 4. The third kappa shape index (κ3) is 5.72. The Hall–Kier alpha value is -4.17. The number of carbonyl (C=O) groups excluding carboxylic acids is 2. The Morgan fingerprint density at radius 3 is 2.45 bits per heavy atom. The molecule has 0 aliphatic carbocycles. The number of methoxy groups -OCH3 is 1. The monoisotopic (exact) mass is 556 g/mol. The standard InChI is InChI=1S/C29H28F4N4O3/c1-35(17-24-23-7-5-4-6-19(23)14-20(15-34)26(24)40-3)27(38)25(18-8-10-21(30)11-9-18)37-13-12-22(16-37)36(2)28(39)29(31,32)33/h4-11,14,22,25H,12-13,16-17H2,1-3H3. The molecule has 2 atom stereocenters. The van der Waals surface area contributed by atoms with E-state index in [2.05, 4.69) is 6.07 Å². The maximum absolute atomic E-state index is 14.0. The van der Waals surface area contributed by atoms with E-state index in [1.54, 1.807) is 18.0 Å². The van der Waals surface area contributed by atoms with Crippen LogP contribution < -0.4 is 4.74 Å². The van der Waals surface area contributed by atoms with Crippen molar-refractivity contribution in [2.75, 3.05) is 34.3 Å². The van der Waals surface area contributed by atoms with Gasteiger partial charge in [0, 0.05) is 45.3 Å². The minimum Gasteiger partial charge on any atom is -0.495 e. The van der Waals surface area contributed by atoms with Gasteiger partial charge < -0.3 is 14.5 Å². The molecule has 1 aliphatic heterocycles. The highest BCUT2D eigenvalue weighted by Gasteiger charge is 2.45. The van der Waals surface area contributed by atoms with Crippen molar-refractivity contribution in [1.29, 1.82) is 5.26 Å². The SMILES string of the molecule is COc1c(C#N)cc2ccccc2c1CN(C)C(=O)C(c1ccc(F)cc1)N1CCC(N(C)C(=O)C(F)(F)F)C1. The molecule has 4 rings (SSSR count). The third-order valence-electron chi connectivity index (χ3n) is 7.29. The summed E-state index contributed by atoms with van der Waals surface area (Å²) in [5.74, 6) is -2.49. The van der Waals surface area contributed by atoms with E-state index in [4.69, 9.17) is 4.74 Å². The summed E-state index contributed by atoms with van der Waals surface area (Å²) in [6, 6.07) is 14.9. The zero-order valence-electron chi connectivity index (χ0n) is 22.2. The molecular weight excluding hydrogens is 528 g/mol. The van der Waals surface area contributed by atoms with E-state index >= 15 is 0 Å². The number of likely N-dealkylation sites (tertiary alicyclic amines) is 1. The average Bonchev–Trinajstić information content (AvgIpc) is 3.42. The zero-order chi connectivity index (χ0) is 29.2. The number of nitriles is 1. The van der Waals surface area contributed by atoms with Gasteiger partial charge in [-0.3, -0.25) is 14.5 Å². The first-order chi connectivity index (χ1) is 19.0. The fourth-order valence-electron chi connectivity index (χ4n) is 5.24. The minimum atomic E-state index is -5.01. The van der Waals surface area contributed by atoms with Gasteiger partial charge in [0.1, 0.15) is 23.7 Å². The fraction of sp³-hybridized carbons (Fsp3) is 0.345. The quantitative estimate of drug-likeness (QED) is 0.396. The maximum atomic E-state index is 14.0. The van der Waals surface area contributed by atoms with Gasteiger partial charge in [-0.05, 0) is 41.0 Å². The summed E-state index contributed by atoms with van der Waals surface area (Å²) >= 11 is 0. The number of hydrogen-bond donors (Lipinski definition) is 0. The molecule has 3 aromatic carbocycles. The molecule has 0 radical (unpaired) electrons. The molecule has 1 aliphatic rings. The first kappa shape index (κ1) is 28.8. The predicted octanol–water partition coefficient (Wildman–Crippen LogP) is 4.65. The highest BCUT2D eigenvalue weighted by Crippen LogP contribution is 2.35. The van der Waals surface area contributed by atoms with Crippen LogP contribution in [0.15, 0.2) is 54.6 Å². The van der Waals surface area contributed by atoms with Crippen molar-refractivity contribution in [2.24, 2.45) is 0 Å². The van der Waals surface area contributed by atoms with Gasteiger partial charge in [0.05, 0.1) is 12.7 Å². The van der Waals surface area contributed by atoms with E-state index < -0.39 is 30.0 Å². The van der Waals surface area contributed by atoms with Crippen molar-refractivity contribution in [2.45, 2.75) is 31.2 Å². The zero-order valence-corrected chi connectivity index (χ0v) is 22.2. The normalized spacial score (nSPS) is 16.4. The molecule has 0 aromatic heterocycles. The first-order valence-electron chi connectivity index (χ1n) is 12.5. The molecule has 0 N–H and O–H groups in total. The molecule has 210 valence electrons. The molecule has 1 saturated heterocycles. The van der Waals surface area contributed by atoms with Crippen molar-refractivity contribution in [3.8, 4) is 11.8 Å². The Labute approximate surface area is 229 Å². The molecule has 11 heteroatoms. The van der Waals surface area contributed by atoms with Gasteiger partial charge >= 0.3 is 12.1 Å². The van der Waals surface area contributed by atoms with E-state index in [0.29, 0.717) is 27.3 Å². The largest absolute Gasteiger partial charge is 0.495 e. The number of likely N-dealkylation sites (N-methyl/N-ethyl adjacent to an activating group) is 2. The van der Waals surface area contributed by atoms with Crippen molar-refractivity contribution < 1.29 is 31.9 Å². The Balaban J connectivity index is 1.67. The van der Waals surface area contributed by atoms with Crippen LogP contribution in [0.3, 0.4) is 0 Å². The number of hydrogen-bond acceptors (Lipinski definition) is 5. The number of rotatable bonds is 7. The van der Waals surface area contributed by atoms with Crippen LogP contribution in [0, 0.1) is 17.1 Å². The summed E-state index contributed by atoms with van der Waals surface area (Å²) < 4.78 is 58.5. The van der Waals surface area contributed by atoms with E-state index in [1.807, 2.05) is 24.3 Å². The summed E-state index contributed by atoms with van der Waals surface area (Å²) in [4.78, 5) is 29.7. The van der Waals surface area contributed by atoms with Gasteiger partial charge in [0.2, 0.25) is 5.91 Å². The van der Waals surface area contributed by atoms with Crippen LogP contribution >= 0.6 is 0 Å². The maximum Gasteiger partial charge on any atom is 0.471 e. The first-order valence-corrected chi connectivity index (χ1v) is 12.5. The van der Waals surface area contributed by atoms with Crippen molar-refractivity contribution >= 4 is 22.6 Å². The molecule has 1 fully saturated rings. The lowest BCUT2D eigenvalue weighted by molar-refractivity contribution is -0.186. The lowest BCUT2D eigenvalue weighted by Crippen LogP contribution is -2.47. The van der Waals surface area contributed by atoms with E-state index in [0.717, 1.165) is 17.8 Å². The van der Waals surface area contributed by atoms with Crippen LogP contribution in [0.1, 0.15) is 29.2 Å². The average molecular weight is 557 g/mol. The molecule has 2 unspecified atom stereocenters. The summed E-state index contributed by atoms with van der Waals surface area (Å²) in [5, 5.41) is 11.3. The second kappa shape index (κ2) is 11.5. The molecule has 7 nitrogen and oxygen atoms in total. The lowest BCUT2D eigenvalue weighted by atomic mass is 9.98. The van der Waals surface area contributed by atoms with Crippen molar-refractivity contribution in [3.05, 3.63) is 77.1 Å². The molecule has 0 saturated carbocycles. The van der Waals surface area contributed by atoms with Crippen LogP contribution in [-0.2, 0) is 16.1 Å². The minimum absolute atomic E-state index is 0.0239. The van der Waals surface area contributed by atoms with Gasteiger partial charge in [0.15, 0.2) is 0 Å². The van der Waals surface area contributed by atoms with Gasteiger partial charge in [-0.2, -0.15) is 18.4 Å². The fourth-order valence-corrected chi connectivity index (χ4v) is 5.24. The van der Waals surface area contributed by atoms with Gasteiger partial charge in [-0.25, -0.2) is 4.39 Å². The molecule has 1 heterocycles. The topological polar surface area (TPSA) is 76.9 Å². The molecule has 0 spiro atoms. The molecular formula is C29H28F4N4O3. The number of ether oxygens (including phenoxy) is 1. The summed E-state index contributed by atoms with van der Waals surface area (Å²) in [6.45, 7) is 0.341.